The van der Waals surface area contributed by atoms with E-state index >= 15 is 0 Å². The standard InChI is InChI=1S/C10H16O2/c1-4-7(2)10(11)9-5-6-12-8(9)3/h5-7,10-11H,4H2,1-3H3. The molecule has 1 aromatic rings. The molecule has 2 atom stereocenters. The van der Waals surface area contributed by atoms with Crippen molar-refractivity contribution in [2.45, 2.75) is 33.3 Å². The maximum absolute atomic E-state index is 9.80. The first-order valence-electron chi connectivity index (χ1n) is 4.38. The summed E-state index contributed by atoms with van der Waals surface area (Å²) in [5.74, 6) is 1.11. The van der Waals surface area contributed by atoms with Crippen molar-refractivity contribution in [3.63, 3.8) is 0 Å². The molecule has 0 amide bonds. The molecule has 0 bridgehead atoms. The number of aliphatic hydroxyl groups excluding tert-OH is 1. The summed E-state index contributed by atoms with van der Waals surface area (Å²) in [6.45, 7) is 5.99. The Labute approximate surface area is 73.2 Å². The van der Waals surface area contributed by atoms with Crippen LogP contribution in [0.3, 0.4) is 0 Å². The lowest BCUT2D eigenvalue weighted by molar-refractivity contribution is 0.114. The molecule has 0 fully saturated rings. The summed E-state index contributed by atoms with van der Waals surface area (Å²) >= 11 is 0. The summed E-state index contributed by atoms with van der Waals surface area (Å²) < 4.78 is 5.12. The predicted molar refractivity (Wildman–Crippen MR) is 47.9 cm³/mol. The molecular weight excluding hydrogens is 152 g/mol. The number of aryl methyl sites for hydroxylation is 1. The topological polar surface area (TPSA) is 33.4 Å². The van der Waals surface area contributed by atoms with E-state index in [2.05, 4.69) is 6.92 Å². The minimum atomic E-state index is -0.381. The van der Waals surface area contributed by atoms with Gasteiger partial charge in [0.25, 0.3) is 0 Å². The molecule has 0 saturated heterocycles. The second kappa shape index (κ2) is 3.76. The van der Waals surface area contributed by atoms with Crippen molar-refractivity contribution in [1.29, 1.82) is 0 Å². The van der Waals surface area contributed by atoms with Crippen molar-refractivity contribution >= 4 is 0 Å². The van der Waals surface area contributed by atoms with Crippen LogP contribution < -0.4 is 0 Å². The van der Waals surface area contributed by atoms with E-state index in [1.165, 1.54) is 0 Å². The van der Waals surface area contributed by atoms with E-state index in [-0.39, 0.29) is 6.10 Å². The number of hydrogen-bond donors (Lipinski definition) is 1. The van der Waals surface area contributed by atoms with Crippen molar-refractivity contribution in [1.82, 2.24) is 0 Å². The van der Waals surface area contributed by atoms with Crippen LogP contribution in [0, 0.1) is 12.8 Å². The van der Waals surface area contributed by atoms with Crippen LogP contribution >= 0.6 is 0 Å². The van der Waals surface area contributed by atoms with Gasteiger partial charge in [-0.1, -0.05) is 20.3 Å². The molecule has 2 unspecified atom stereocenters. The van der Waals surface area contributed by atoms with E-state index in [1.807, 2.05) is 19.9 Å². The minimum Gasteiger partial charge on any atom is -0.469 e. The maximum atomic E-state index is 9.80. The van der Waals surface area contributed by atoms with E-state index in [0.29, 0.717) is 5.92 Å². The fourth-order valence-electron chi connectivity index (χ4n) is 1.23. The van der Waals surface area contributed by atoms with Crippen LogP contribution in [0.4, 0.5) is 0 Å². The number of furan rings is 1. The second-order valence-corrected chi connectivity index (χ2v) is 3.26. The summed E-state index contributed by atoms with van der Waals surface area (Å²) in [6.07, 6.45) is 2.22. The van der Waals surface area contributed by atoms with Crippen molar-refractivity contribution in [3.05, 3.63) is 23.7 Å². The highest BCUT2D eigenvalue weighted by Crippen LogP contribution is 2.26. The largest absolute Gasteiger partial charge is 0.469 e. The highest BCUT2D eigenvalue weighted by Gasteiger charge is 2.17. The Morgan fingerprint density at radius 2 is 2.25 bits per heavy atom. The normalized spacial score (nSPS) is 16.0. The first-order valence-corrected chi connectivity index (χ1v) is 4.38. The van der Waals surface area contributed by atoms with Crippen LogP contribution in [0.5, 0.6) is 0 Å². The zero-order valence-corrected chi connectivity index (χ0v) is 7.87. The maximum Gasteiger partial charge on any atom is 0.106 e. The van der Waals surface area contributed by atoms with Crippen LogP contribution in [-0.4, -0.2) is 5.11 Å². The van der Waals surface area contributed by atoms with E-state index in [0.717, 1.165) is 17.7 Å². The van der Waals surface area contributed by atoms with E-state index in [9.17, 15) is 5.11 Å². The van der Waals surface area contributed by atoms with Crippen LogP contribution in [0.2, 0.25) is 0 Å². The van der Waals surface area contributed by atoms with Gasteiger partial charge in [0.05, 0.1) is 12.4 Å². The van der Waals surface area contributed by atoms with Crippen molar-refractivity contribution < 1.29 is 9.52 Å². The number of aliphatic hydroxyl groups is 1. The molecule has 68 valence electrons. The zero-order chi connectivity index (χ0) is 9.14. The Bertz CT molecular complexity index is 240. The molecule has 0 aliphatic rings. The van der Waals surface area contributed by atoms with Gasteiger partial charge in [0, 0.05) is 5.56 Å². The van der Waals surface area contributed by atoms with E-state index < -0.39 is 0 Å². The molecular formula is C10H16O2. The van der Waals surface area contributed by atoms with Gasteiger partial charge in [0.2, 0.25) is 0 Å². The van der Waals surface area contributed by atoms with Crippen LogP contribution in [-0.2, 0) is 0 Å². The first kappa shape index (κ1) is 9.33. The molecule has 12 heavy (non-hydrogen) atoms. The van der Waals surface area contributed by atoms with Gasteiger partial charge in [-0.25, -0.2) is 0 Å². The smallest absolute Gasteiger partial charge is 0.106 e. The highest BCUT2D eigenvalue weighted by atomic mass is 16.3. The molecule has 1 aromatic heterocycles. The summed E-state index contributed by atoms with van der Waals surface area (Å²) in [7, 11) is 0. The minimum absolute atomic E-state index is 0.293. The monoisotopic (exact) mass is 168 g/mol. The second-order valence-electron chi connectivity index (χ2n) is 3.26. The first-order chi connectivity index (χ1) is 5.66. The van der Waals surface area contributed by atoms with Crippen LogP contribution in [0.15, 0.2) is 16.7 Å². The van der Waals surface area contributed by atoms with E-state index in [1.54, 1.807) is 6.26 Å². The summed E-state index contributed by atoms with van der Waals surface area (Å²) in [5.41, 5.74) is 0.921. The fraction of sp³-hybridized carbons (Fsp3) is 0.600. The van der Waals surface area contributed by atoms with E-state index in [4.69, 9.17) is 4.42 Å². The molecule has 0 radical (unpaired) electrons. The molecule has 1 rings (SSSR count). The van der Waals surface area contributed by atoms with Crippen molar-refractivity contribution in [2.24, 2.45) is 5.92 Å². The molecule has 2 nitrogen and oxygen atoms in total. The fourth-order valence-corrected chi connectivity index (χ4v) is 1.23. The van der Waals surface area contributed by atoms with Gasteiger partial charge >= 0.3 is 0 Å². The Morgan fingerprint density at radius 3 is 2.67 bits per heavy atom. The van der Waals surface area contributed by atoms with Gasteiger partial charge in [-0.15, -0.1) is 0 Å². The van der Waals surface area contributed by atoms with Crippen LogP contribution in [0.25, 0.3) is 0 Å². The lowest BCUT2D eigenvalue weighted by Crippen LogP contribution is -2.07. The third-order valence-electron chi connectivity index (χ3n) is 2.40. The molecule has 1 N–H and O–H groups in total. The number of hydrogen-bond acceptors (Lipinski definition) is 2. The van der Waals surface area contributed by atoms with Gasteiger partial charge in [-0.2, -0.15) is 0 Å². The van der Waals surface area contributed by atoms with Gasteiger partial charge in [-0.3, -0.25) is 0 Å². The summed E-state index contributed by atoms with van der Waals surface area (Å²) in [5, 5.41) is 9.80. The summed E-state index contributed by atoms with van der Waals surface area (Å²) in [4.78, 5) is 0. The van der Waals surface area contributed by atoms with Gasteiger partial charge < -0.3 is 9.52 Å². The average molecular weight is 168 g/mol. The lowest BCUT2D eigenvalue weighted by Gasteiger charge is -2.15. The molecule has 0 aliphatic heterocycles. The van der Waals surface area contributed by atoms with Gasteiger partial charge in [0.1, 0.15) is 5.76 Å². The lowest BCUT2D eigenvalue weighted by atomic mass is 9.96. The molecule has 0 aliphatic carbocycles. The summed E-state index contributed by atoms with van der Waals surface area (Å²) in [6, 6.07) is 1.84. The van der Waals surface area contributed by atoms with Gasteiger partial charge in [-0.05, 0) is 18.9 Å². The van der Waals surface area contributed by atoms with Crippen molar-refractivity contribution in [3.8, 4) is 0 Å². The Morgan fingerprint density at radius 1 is 1.58 bits per heavy atom. The molecule has 1 heterocycles. The third-order valence-corrected chi connectivity index (χ3v) is 2.40. The molecule has 0 spiro atoms. The Hall–Kier alpha value is -0.760. The average Bonchev–Trinajstić information content (AvgIpc) is 2.48. The van der Waals surface area contributed by atoms with Crippen LogP contribution in [0.1, 0.15) is 37.7 Å². The molecule has 2 heteroatoms. The zero-order valence-electron chi connectivity index (χ0n) is 7.87. The SMILES string of the molecule is CCC(C)C(O)c1ccoc1C. The Balaban J connectivity index is 2.77. The third kappa shape index (κ3) is 1.69. The number of rotatable bonds is 3. The van der Waals surface area contributed by atoms with Gasteiger partial charge in [0.15, 0.2) is 0 Å². The Kier molecular flexibility index (Phi) is 2.93. The molecule has 0 saturated carbocycles. The highest BCUT2D eigenvalue weighted by molar-refractivity contribution is 5.18. The predicted octanol–water partition coefficient (Wildman–Crippen LogP) is 2.67. The molecule has 0 aromatic carbocycles. The van der Waals surface area contributed by atoms with Crippen molar-refractivity contribution in [2.75, 3.05) is 0 Å². The quantitative estimate of drug-likeness (QED) is 0.752.